The average molecular weight is 192 g/mol. The Morgan fingerprint density at radius 2 is 2.00 bits per heavy atom. The summed E-state index contributed by atoms with van der Waals surface area (Å²) in [5.74, 6) is 1.72. The molecular formula is C12H16O2. The lowest BCUT2D eigenvalue weighted by atomic mass is 10.0. The van der Waals surface area contributed by atoms with E-state index in [4.69, 9.17) is 4.42 Å². The molecule has 1 rings (SSSR count). The highest BCUT2D eigenvalue weighted by Crippen LogP contribution is 2.22. The SMILES string of the molecule is C=CCCC(=O)c1c(C)oc(C)c1C. The predicted molar refractivity (Wildman–Crippen MR) is 56.7 cm³/mol. The normalized spacial score (nSPS) is 10.2. The first-order chi connectivity index (χ1) is 6.57. The molecule has 0 atom stereocenters. The molecule has 0 unspecified atom stereocenters. The Morgan fingerprint density at radius 1 is 1.36 bits per heavy atom. The van der Waals surface area contributed by atoms with Gasteiger partial charge in [-0.25, -0.2) is 0 Å². The first kappa shape index (κ1) is 10.8. The molecule has 76 valence electrons. The Labute approximate surface area is 84.6 Å². The lowest BCUT2D eigenvalue weighted by molar-refractivity contribution is 0.0982. The number of Topliss-reactive ketones (excluding diaryl/α,β-unsaturated/α-hetero) is 1. The van der Waals surface area contributed by atoms with E-state index in [1.54, 1.807) is 6.08 Å². The molecule has 0 aliphatic heterocycles. The summed E-state index contributed by atoms with van der Waals surface area (Å²) in [6.07, 6.45) is 3.00. The third kappa shape index (κ3) is 1.95. The Balaban J connectivity index is 2.94. The van der Waals surface area contributed by atoms with Gasteiger partial charge in [-0.2, -0.15) is 0 Å². The summed E-state index contributed by atoms with van der Waals surface area (Å²) >= 11 is 0. The summed E-state index contributed by atoms with van der Waals surface area (Å²) in [5, 5.41) is 0. The third-order valence-corrected chi connectivity index (χ3v) is 2.42. The Bertz CT molecular complexity index is 359. The van der Waals surface area contributed by atoms with E-state index >= 15 is 0 Å². The molecule has 1 aromatic heterocycles. The van der Waals surface area contributed by atoms with Crippen molar-refractivity contribution in [3.8, 4) is 0 Å². The quantitative estimate of drug-likeness (QED) is 0.541. The third-order valence-electron chi connectivity index (χ3n) is 2.42. The highest BCUT2D eigenvalue weighted by molar-refractivity contribution is 5.98. The first-order valence-corrected chi connectivity index (χ1v) is 4.78. The lowest BCUT2D eigenvalue weighted by Crippen LogP contribution is -2.00. The van der Waals surface area contributed by atoms with Crippen LogP contribution < -0.4 is 0 Å². The summed E-state index contributed by atoms with van der Waals surface area (Å²) in [6, 6.07) is 0. The van der Waals surface area contributed by atoms with Crippen LogP contribution >= 0.6 is 0 Å². The summed E-state index contributed by atoms with van der Waals surface area (Å²) in [5.41, 5.74) is 1.72. The van der Waals surface area contributed by atoms with Crippen LogP contribution in [0.15, 0.2) is 17.1 Å². The van der Waals surface area contributed by atoms with Crippen LogP contribution in [0, 0.1) is 20.8 Å². The van der Waals surface area contributed by atoms with E-state index in [-0.39, 0.29) is 5.78 Å². The van der Waals surface area contributed by atoms with Gasteiger partial charge in [0.25, 0.3) is 0 Å². The number of carbonyl (C=O) groups excluding carboxylic acids is 1. The van der Waals surface area contributed by atoms with Crippen molar-refractivity contribution in [1.29, 1.82) is 0 Å². The van der Waals surface area contributed by atoms with Gasteiger partial charge < -0.3 is 4.42 Å². The van der Waals surface area contributed by atoms with Gasteiger partial charge in [0, 0.05) is 12.0 Å². The molecule has 0 saturated heterocycles. The molecule has 2 heteroatoms. The van der Waals surface area contributed by atoms with Gasteiger partial charge in [0.05, 0.1) is 5.56 Å². The van der Waals surface area contributed by atoms with Crippen molar-refractivity contribution in [3.63, 3.8) is 0 Å². The van der Waals surface area contributed by atoms with Gasteiger partial charge in [0.2, 0.25) is 0 Å². The molecule has 0 aliphatic carbocycles. The maximum atomic E-state index is 11.8. The van der Waals surface area contributed by atoms with Gasteiger partial charge in [-0.15, -0.1) is 6.58 Å². The standard InChI is InChI=1S/C12H16O2/c1-5-6-7-11(13)12-8(2)9(3)14-10(12)4/h5H,1,6-7H2,2-4H3. The molecule has 1 aromatic rings. The molecule has 0 radical (unpaired) electrons. The highest BCUT2D eigenvalue weighted by Gasteiger charge is 2.17. The average Bonchev–Trinajstić information content (AvgIpc) is 2.38. The van der Waals surface area contributed by atoms with Crippen LogP contribution in [0.2, 0.25) is 0 Å². The molecule has 0 aromatic carbocycles. The van der Waals surface area contributed by atoms with Crippen molar-refractivity contribution in [2.45, 2.75) is 33.6 Å². The molecule has 0 N–H and O–H groups in total. The van der Waals surface area contributed by atoms with E-state index in [1.165, 1.54) is 0 Å². The molecule has 0 aliphatic rings. The number of carbonyl (C=O) groups is 1. The Hall–Kier alpha value is -1.31. The number of aryl methyl sites for hydroxylation is 2. The number of allylic oxidation sites excluding steroid dienone is 1. The van der Waals surface area contributed by atoms with Crippen molar-refractivity contribution in [2.75, 3.05) is 0 Å². The summed E-state index contributed by atoms with van der Waals surface area (Å²) < 4.78 is 5.40. The molecule has 14 heavy (non-hydrogen) atoms. The lowest BCUT2D eigenvalue weighted by Gasteiger charge is -1.98. The van der Waals surface area contributed by atoms with Crippen LogP contribution in [-0.4, -0.2) is 5.78 Å². The molecule has 0 saturated carbocycles. The smallest absolute Gasteiger partial charge is 0.166 e. The van der Waals surface area contributed by atoms with E-state index in [1.807, 2.05) is 20.8 Å². The van der Waals surface area contributed by atoms with Crippen molar-refractivity contribution in [1.82, 2.24) is 0 Å². The maximum Gasteiger partial charge on any atom is 0.166 e. The molecule has 0 amide bonds. The van der Waals surface area contributed by atoms with Crippen LogP contribution in [0.3, 0.4) is 0 Å². The second-order valence-electron chi connectivity index (χ2n) is 3.46. The fourth-order valence-corrected chi connectivity index (χ4v) is 1.56. The van der Waals surface area contributed by atoms with Crippen LogP contribution in [0.4, 0.5) is 0 Å². The number of rotatable bonds is 4. The van der Waals surface area contributed by atoms with Crippen LogP contribution in [-0.2, 0) is 0 Å². The van der Waals surface area contributed by atoms with E-state index < -0.39 is 0 Å². The van der Waals surface area contributed by atoms with Gasteiger partial charge in [0.1, 0.15) is 11.5 Å². The minimum Gasteiger partial charge on any atom is -0.466 e. The maximum absolute atomic E-state index is 11.8. The van der Waals surface area contributed by atoms with Gasteiger partial charge in [-0.3, -0.25) is 4.79 Å². The van der Waals surface area contributed by atoms with Crippen LogP contribution in [0.5, 0.6) is 0 Å². The molecule has 0 fully saturated rings. The monoisotopic (exact) mass is 192 g/mol. The first-order valence-electron chi connectivity index (χ1n) is 4.78. The summed E-state index contributed by atoms with van der Waals surface area (Å²) in [4.78, 5) is 11.8. The molecule has 0 bridgehead atoms. The highest BCUT2D eigenvalue weighted by atomic mass is 16.3. The minimum atomic E-state index is 0.150. The summed E-state index contributed by atoms with van der Waals surface area (Å²) in [7, 11) is 0. The fraction of sp³-hybridized carbons (Fsp3) is 0.417. The Kier molecular flexibility index (Phi) is 3.28. The van der Waals surface area contributed by atoms with E-state index in [0.29, 0.717) is 6.42 Å². The van der Waals surface area contributed by atoms with E-state index in [9.17, 15) is 4.79 Å². The van der Waals surface area contributed by atoms with E-state index in [0.717, 1.165) is 29.1 Å². The van der Waals surface area contributed by atoms with Crippen molar-refractivity contribution >= 4 is 5.78 Å². The largest absolute Gasteiger partial charge is 0.466 e. The second kappa shape index (κ2) is 4.27. The van der Waals surface area contributed by atoms with Gasteiger partial charge >= 0.3 is 0 Å². The Morgan fingerprint density at radius 3 is 2.43 bits per heavy atom. The topological polar surface area (TPSA) is 30.2 Å². The number of furan rings is 1. The predicted octanol–water partition coefficient (Wildman–Crippen LogP) is 3.35. The molecule has 1 heterocycles. The number of hydrogen-bond acceptors (Lipinski definition) is 2. The van der Waals surface area contributed by atoms with Gasteiger partial charge in [-0.1, -0.05) is 6.08 Å². The van der Waals surface area contributed by atoms with Crippen molar-refractivity contribution in [3.05, 3.63) is 35.3 Å². The van der Waals surface area contributed by atoms with Crippen molar-refractivity contribution in [2.24, 2.45) is 0 Å². The number of ketones is 1. The second-order valence-corrected chi connectivity index (χ2v) is 3.46. The van der Waals surface area contributed by atoms with Crippen LogP contribution in [0.25, 0.3) is 0 Å². The van der Waals surface area contributed by atoms with Gasteiger partial charge in [0.15, 0.2) is 5.78 Å². The zero-order valence-corrected chi connectivity index (χ0v) is 9.02. The zero-order chi connectivity index (χ0) is 10.7. The zero-order valence-electron chi connectivity index (χ0n) is 9.02. The van der Waals surface area contributed by atoms with E-state index in [2.05, 4.69) is 6.58 Å². The molecular weight excluding hydrogens is 176 g/mol. The fourth-order valence-electron chi connectivity index (χ4n) is 1.56. The van der Waals surface area contributed by atoms with Gasteiger partial charge in [-0.05, 0) is 27.2 Å². The summed E-state index contributed by atoms with van der Waals surface area (Å²) in [6.45, 7) is 9.24. The minimum absolute atomic E-state index is 0.150. The van der Waals surface area contributed by atoms with Crippen molar-refractivity contribution < 1.29 is 9.21 Å². The molecule has 2 nitrogen and oxygen atoms in total. The van der Waals surface area contributed by atoms with Crippen LogP contribution in [0.1, 0.15) is 40.3 Å². The molecule has 0 spiro atoms. The number of hydrogen-bond donors (Lipinski definition) is 0.